The van der Waals surface area contributed by atoms with E-state index in [4.69, 9.17) is 11.6 Å². The van der Waals surface area contributed by atoms with E-state index in [0.29, 0.717) is 5.15 Å². The minimum Gasteiger partial charge on any atom is -0.363 e. The van der Waals surface area contributed by atoms with Gasteiger partial charge in [0.25, 0.3) is 0 Å². The van der Waals surface area contributed by atoms with E-state index in [1.807, 2.05) is 24.8 Å². The van der Waals surface area contributed by atoms with Gasteiger partial charge in [0.05, 0.1) is 17.4 Å². The van der Waals surface area contributed by atoms with Gasteiger partial charge in [0, 0.05) is 25.9 Å². The molecule has 1 aliphatic heterocycles. The van der Waals surface area contributed by atoms with Gasteiger partial charge in [-0.15, -0.1) is 5.10 Å². The van der Waals surface area contributed by atoms with Gasteiger partial charge in [0.15, 0.2) is 5.15 Å². The van der Waals surface area contributed by atoms with E-state index >= 15 is 0 Å². The maximum Gasteiger partial charge on any atom is 0.152 e. The number of aryl methyl sites for hydroxylation is 1. The Kier molecular flexibility index (Phi) is 2.13. The Labute approximate surface area is 104 Å². The highest BCUT2D eigenvalue weighted by Gasteiger charge is 2.32. The molecule has 0 N–H and O–H groups in total. The molecule has 0 amide bonds. The van der Waals surface area contributed by atoms with Crippen LogP contribution >= 0.6 is 11.6 Å². The second-order valence-electron chi connectivity index (χ2n) is 4.23. The summed E-state index contributed by atoms with van der Waals surface area (Å²) in [5.74, 6) is 0. The van der Waals surface area contributed by atoms with Crippen LogP contribution in [0.4, 0.5) is 5.69 Å². The van der Waals surface area contributed by atoms with Crippen LogP contribution in [0, 0.1) is 0 Å². The van der Waals surface area contributed by atoms with Crippen LogP contribution in [0.15, 0.2) is 12.3 Å². The van der Waals surface area contributed by atoms with E-state index < -0.39 is 0 Å². The standard InChI is InChI=1S/C11H12ClN5/c1-6-9-8(14-15-17(9)3)7-4-5-13-11(12)10(7)16(6)2/h4-6H,1-3H3. The molecular weight excluding hydrogens is 238 g/mol. The average molecular weight is 250 g/mol. The van der Waals surface area contributed by atoms with Crippen molar-refractivity contribution in [1.82, 2.24) is 20.0 Å². The van der Waals surface area contributed by atoms with Crippen molar-refractivity contribution in [3.8, 4) is 11.3 Å². The van der Waals surface area contributed by atoms with Crippen molar-refractivity contribution in [2.45, 2.75) is 13.0 Å². The van der Waals surface area contributed by atoms with E-state index in [9.17, 15) is 0 Å². The normalized spacial score (nSPS) is 17.9. The fourth-order valence-electron chi connectivity index (χ4n) is 2.36. The molecule has 1 atom stereocenters. The summed E-state index contributed by atoms with van der Waals surface area (Å²) in [7, 11) is 3.91. The molecule has 2 aromatic heterocycles. The monoisotopic (exact) mass is 249 g/mol. The Morgan fingerprint density at radius 1 is 1.35 bits per heavy atom. The number of anilines is 1. The maximum absolute atomic E-state index is 6.17. The number of fused-ring (bicyclic) bond motifs is 3. The molecule has 3 rings (SSSR count). The molecule has 5 nitrogen and oxygen atoms in total. The molecular formula is C11H12ClN5. The first-order chi connectivity index (χ1) is 8.11. The van der Waals surface area contributed by atoms with E-state index in [0.717, 1.165) is 22.6 Å². The van der Waals surface area contributed by atoms with Crippen LogP contribution in [0.5, 0.6) is 0 Å². The minimum atomic E-state index is 0.180. The summed E-state index contributed by atoms with van der Waals surface area (Å²) in [5.41, 5.74) is 3.92. The Morgan fingerprint density at radius 3 is 2.88 bits per heavy atom. The Bertz CT molecular complexity index is 592. The van der Waals surface area contributed by atoms with Crippen LogP contribution < -0.4 is 4.90 Å². The van der Waals surface area contributed by atoms with Crippen molar-refractivity contribution in [3.63, 3.8) is 0 Å². The van der Waals surface area contributed by atoms with Crippen molar-refractivity contribution in [2.75, 3.05) is 11.9 Å². The summed E-state index contributed by atoms with van der Waals surface area (Å²) in [6.45, 7) is 2.11. The Morgan fingerprint density at radius 2 is 2.12 bits per heavy atom. The van der Waals surface area contributed by atoms with Gasteiger partial charge in [-0.3, -0.25) is 0 Å². The highest BCUT2D eigenvalue weighted by atomic mass is 35.5. The molecule has 0 bridgehead atoms. The lowest BCUT2D eigenvalue weighted by Crippen LogP contribution is -2.28. The van der Waals surface area contributed by atoms with Gasteiger partial charge in [-0.1, -0.05) is 16.8 Å². The smallest absolute Gasteiger partial charge is 0.152 e. The molecule has 2 aromatic rings. The number of halogens is 1. The molecule has 17 heavy (non-hydrogen) atoms. The third kappa shape index (κ3) is 1.29. The van der Waals surface area contributed by atoms with Crippen LogP contribution in [-0.4, -0.2) is 27.0 Å². The van der Waals surface area contributed by atoms with Crippen LogP contribution in [-0.2, 0) is 7.05 Å². The van der Waals surface area contributed by atoms with Crippen molar-refractivity contribution in [3.05, 3.63) is 23.1 Å². The molecule has 1 aliphatic rings. The quantitative estimate of drug-likeness (QED) is 0.671. The van der Waals surface area contributed by atoms with Crippen molar-refractivity contribution >= 4 is 17.3 Å². The topological polar surface area (TPSA) is 46.8 Å². The zero-order valence-electron chi connectivity index (χ0n) is 9.85. The van der Waals surface area contributed by atoms with Crippen LogP contribution in [0.1, 0.15) is 18.7 Å². The van der Waals surface area contributed by atoms with Gasteiger partial charge in [0.2, 0.25) is 0 Å². The molecule has 6 heteroatoms. The fraction of sp³-hybridized carbons (Fsp3) is 0.364. The lowest BCUT2D eigenvalue weighted by molar-refractivity contribution is 0.615. The van der Waals surface area contributed by atoms with Crippen molar-refractivity contribution in [1.29, 1.82) is 0 Å². The summed E-state index contributed by atoms with van der Waals surface area (Å²) in [4.78, 5) is 6.23. The maximum atomic E-state index is 6.17. The second-order valence-corrected chi connectivity index (χ2v) is 4.59. The highest BCUT2D eigenvalue weighted by molar-refractivity contribution is 6.32. The summed E-state index contributed by atoms with van der Waals surface area (Å²) in [5, 5.41) is 8.82. The van der Waals surface area contributed by atoms with Gasteiger partial charge >= 0.3 is 0 Å². The van der Waals surface area contributed by atoms with Gasteiger partial charge in [-0.05, 0) is 13.0 Å². The predicted molar refractivity (Wildman–Crippen MR) is 66.1 cm³/mol. The third-order valence-electron chi connectivity index (χ3n) is 3.33. The summed E-state index contributed by atoms with van der Waals surface area (Å²) in [6.07, 6.45) is 1.70. The Balaban J connectivity index is 2.37. The molecule has 0 spiro atoms. The first kappa shape index (κ1) is 10.5. The molecule has 0 saturated carbocycles. The van der Waals surface area contributed by atoms with Crippen molar-refractivity contribution in [2.24, 2.45) is 7.05 Å². The van der Waals surface area contributed by atoms with Crippen LogP contribution in [0.3, 0.4) is 0 Å². The van der Waals surface area contributed by atoms with E-state index in [1.54, 1.807) is 6.20 Å². The summed E-state index contributed by atoms with van der Waals surface area (Å²) < 4.78 is 1.81. The molecule has 0 radical (unpaired) electrons. The van der Waals surface area contributed by atoms with E-state index in [2.05, 4.69) is 27.1 Å². The zero-order chi connectivity index (χ0) is 12.2. The van der Waals surface area contributed by atoms with Crippen LogP contribution in [0.25, 0.3) is 11.3 Å². The number of aromatic nitrogens is 4. The fourth-order valence-corrected chi connectivity index (χ4v) is 2.65. The summed E-state index contributed by atoms with van der Waals surface area (Å²) >= 11 is 6.17. The van der Waals surface area contributed by atoms with E-state index in [1.165, 1.54) is 0 Å². The number of pyridine rings is 1. The lowest BCUT2D eigenvalue weighted by atomic mass is 9.99. The number of hydrogen-bond donors (Lipinski definition) is 0. The molecule has 88 valence electrons. The van der Waals surface area contributed by atoms with Gasteiger partial charge < -0.3 is 4.90 Å². The largest absolute Gasteiger partial charge is 0.363 e. The van der Waals surface area contributed by atoms with Crippen LogP contribution in [0.2, 0.25) is 5.15 Å². The number of hydrogen-bond acceptors (Lipinski definition) is 4. The molecule has 0 saturated heterocycles. The second kappa shape index (κ2) is 3.43. The van der Waals surface area contributed by atoms with Gasteiger partial charge in [-0.2, -0.15) is 0 Å². The SMILES string of the molecule is CC1c2c(nnn2C)-c2ccnc(Cl)c2N1C. The number of rotatable bonds is 0. The zero-order valence-corrected chi connectivity index (χ0v) is 10.6. The Hall–Kier alpha value is -1.62. The van der Waals surface area contributed by atoms with Gasteiger partial charge in [0.1, 0.15) is 5.69 Å². The lowest BCUT2D eigenvalue weighted by Gasteiger charge is -2.33. The minimum absolute atomic E-state index is 0.180. The third-order valence-corrected chi connectivity index (χ3v) is 3.61. The molecule has 1 unspecified atom stereocenters. The van der Waals surface area contributed by atoms with E-state index in [-0.39, 0.29) is 6.04 Å². The first-order valence-electron chi connectivity index (χ1n) is 5.38. The first-order valence-corrected chi connectivity index (χ1v) is 5.76. The molecule has 0 fully saturated rings. The molecule has 0 aliphatic carbocycles. The predicted octanol–water partition coefficient (Wildman–Crippen LogP) is 2.04. The molecule has 3 heterocycles. The average Bonchev–Trinajstić information content (AvgIpc) is 2.68. The summed E-state index contributed by atoms with van der Waals surface area (Å²) in [6, 6.07) is 2.11. The molecule has 0 aromatic carbocycles. The highest BCUT2D eigenvalue weighted by Crippen LogP contribution is 2.44. The van der Waals surface area contributed by atoms with Crippen molar-refractivity contribution < 1.29 is 0 Å². The van der Waals surface area contributed by atoms with Gasteiger partial charge in [-0.25, -0.2) is 9.67 Å². The number of nitrogens with zero attached hydrogens (tertiary/aromatic N) is 5.